The summed E-state index contributed by atoms with van der Waals surface area (Å²) in [5.41, 5.74) is 4.11. The van der Waals surface area contributed by atoms with Gasteiger partial charge in [0.2, 0.25) is 0 Å². The highest BCUT2D eigenvalue weighted by Gasteiger charge is 2.28. The van der Waals surface area contributed by atoms with Gasteiger partial charge in [0.15, 0.2) is 0 Å². The van der Waals surface area contributed by atoms with E-state index in [9.17, 15) is 4.79 Å². The van der Waals surface area contributed by atoms with Crippen molar-refractivity contribution in [2.45, 2.75) is 26.2 Å². The second kappa shape index (κ2) is 7.60. The molecule has 0 saturated heterocycles. The molecule has 0 saturated carbocycles. The molecule has 0 aliphatic carbocycles. The molecule has 0 N–H and O–H groups in total. The molecule has 0 spiro atoms. The van der Waals surface area contributed by atoms with Crippen LogP contribution in [-0.4, -0.2) is 27.3 Å². The van der Waals surface area contributed by atoms with E-state index in [0.717, 1.165) is 34.0 Å². The van der Waals surface area contributed by atoms with Crippen molar-refractivity contribution in [3.8, 4) is 5.69 Å². The molecule has 3 aromatic rings. The van der Waals surface area contributed by atoms with E-state index in [0.29, 0.717) is 11.6 Å². The molecule has 0 fully saturated rings. The first-order chi connectivity index (χ1) is 13.6. The zero-order valence-corrected chi connectivity index (χ0v) is 16.5. The minimum absolute atomic E-state index is 0.205. The minimum atomic E-state index is -0.252. The zero-order chi connectivity index (χ0) is 19.7. The number of rotatable bonds is 4. The Hall–Kier alpha value is -2.92. The molecule has 0 amide bonds. The summed E-state index contributed by atoms with van der Waals surface area (Å²) in [5, 5.41) is 9.34. The predicted octanol–water partition coefficient (Wildman–Crippen LogP) is 4.71. The summed E-state index contributed by atoms with van der Waals surface area (Å²) < 4.78 is 7.22. The van der Waals surface area contributed by atoms with Crippen LogP contribution >= 0.6 is 11.6 Å². The number of aromatic nitrogens is 3. The summed E-state index contributed by atoms with van der Waals surface area (Å²) in [6, 6.07) is 15.9. The molecule has 142 valence electrons. The minimum Gasteiger partial charge on any atom is -0.466 e. The SMILES string of the molecule is CCOC(=O)C[C@@H]1C=C(c2ccc(Cl)cc2)c2ccccc2-n2c(C)nnc21. The number of hydrogen-bond donors (Lipinski definition) is 0. The van der Waals surface area contributed by atoms with Crippen LogP contribution in [0.4, 0.5) is 0 Å². The van der Waals surface area contributed by atoms with Gasteiger partial charge < -0.3 is 4.74 Å². The Morgan fingerprint density at radius 1 is 1.14 bits per heavy atom. The normalized spacial score (nSPS) is 15.2. The number of halogens is 1. The largest absolute Gasteiger partial charge is 0.466 e. The Balaban J connectivity index is 1.92. The van der Waals surface area contributed by atoms with Gasteiger partial charge in [0.05, 0.1) is 18.7 Å². The van der Waals surface area contributed by atoms with Gasteiger partial charge in [-0.1, -0.05) is 48.0 Å². The third-order valence-corrected chi connectivity index (χ3v) is 5.08. The van der Waals surface area contributed by atoms with Crippen molar-refractivity contribution in [1.29, 1.82) is 0 Å². The third kappa shape index (κ3) is 3.34. The van der Waals surface area contributed by atoms with Crippen LogP contribution in [0.5, 0.6) is 0 Å². The summed E-state index contributed by atoms with van der Waals surface area (Å²) in [6.45, 7) is 4.08. The summed E-state index contributed by atoms with van der Waals surface area (Å²) in [5.74, 6) is 1.01. The van der Waals surface area contributed by atoms with E-state index in [-0.39, 0.29) is 18.3 Å². The molecule has 0 unspecified atom stereocenters. The van der Waals surface area contributed by atoms with Crippen LogP contribution in [0.25, 0.3) is 11.3 Å². The van der Waals surface area contributed by atoms with Gasteiger partial charge in [0, 0.05) is 16.5 Å². The fraction of sp³-hybridized carbons (Fsp3) is 0.227. The zero-order valence-electron chi connectivity index (χ0n) is 15.7. The number of nitrogens with zero attached hydrogens (tertiary/aromatic N) is 3. The van der Waals surface area contributed by atoms with Gasteiger partial charge in [-0.25, -0.2) is 0 Å². The van der Waals surface area contributed by atoms with Gasteiger partial charge in [-0.05, 0) is 43.2 Å². The van der Waals surface area contributed by atoms with Gasteiger partial charge in [0.1, 0.15) is 11.6 Å². The van der Waals surface area contributed by atoms with Gasteiger partial charge in [-0.15, -0.1) is 10.2 Å². The van der Waals surface area contributed by atoms with E-state index < -0.39 is 0 Å². The Bertz CT molecular complexity index is 1050. The van der Waals surface area contributed by atoms with Crippen LogP contribution < -0.4 is 0 Å². The Morgan fingerprint density at radius 2 is 1.89 bits per heavy atom. The fourth-order valence-electron chi connectivity index (χ4n) is 3.61. The molecule has 1 atom stereocenters. The van der Waals surface area contributed by atoms with E-state index in [1.165, 1.54) is 0 Å². The number of allylic oxidation sites excluding steroid dienone is 1. The Kier molecular flexibility index (Phi) is 5.01. The molecule has 2 aromatic carbocycles. The number of fused-ring (bicyclic) bond motifs is 3. The molecular weight excluding hydrogens is 374 g/mol. The molecule has 28 heavy (non-hydrogen) atoms. The topological polar surface area (TPSA) is 57.0 Å². The Morgan fingerprint density at radius 3 is 2.64 bits per heavy atom. The van der Waals surface area contributed by atoms with E-state index in [2.05, 4.69) is 22.3 Å². The molecule has 0 bridgehead atoms. The van der Waals surface area contributed by atoms with Crippen LogP contribution in [0.2, 0.25) is 5.02 Å². The molecule has 5 nitrogen and oxygen atoms in total. The molecule has 0 radical (unpaired) electrons. The van der Waals surface area contributed by atoms with Crippen LogP contribution in [-0.2, 0) is 9.53 Å². The number of aryl methyl sites for hydroxylation is 1. The van der Waals surface area contributed by atoms with Gasteiger partial charge in [0.25, 0.3) is 0 Å². The van der Waals surface area contributed by atoms with Gasteiger partial charge >= 0.3 is 5.97 Å². The van der Waals surface area contributed by atoms with E-state index in [4.69, 9.17) is 16.3 Å². The fourth-order valence-corrected chi connectivity index (χ4v) is 3.74. The number of carbonyl (C=O) groups excluding carboxylic acids is 1. The van der Waals surface area contributed by atoms with Crippen molar-refractivity contribution in [3.63, 3.8) is 0 Å². The second-order valence-corrected chi connectivity index (χ2v) is 7.10. The maximum atomic E-state index is 12.3. The quantitative estimate of drug-likeness (QED) is 0.602. The highest BCUT2D eigenvalue weighted by atomic mass is 35.5. The monoisotopic (exact) mass is 393 g/mol. The predicted molar refractivity (Wildman–Crippen MR) is 109 cm³/mol. The van der Waals surface area contributed by atoms with E-state index in [1.54, 1.807) is 0 Å². The standard InChI is InChI=1S/C22H20ClN3O2/c1-3-28-21(27)13-16-12-19(15-8-10-17(23)11-9-15)18-6-4-5-7-20(18)26-14(2)24-25-22(16)26/h4-12,16H,3,13H2,1-2H3/t16-/m0/s1. The lowest BCUT2D eigenvalue weighted by atomic mass is 9.93. The third-order valence-electron chi connectivity index (χ3n) is 4.83. The van der Waals surface area contributed by atoms with Gasteiger partial charge in [-0.2, -0.15) is 0 Å². The highest BCUT2D eigenvalue weighted by molar-refractivity contribution is 6.30. The molecule has 6 heteroatoms. The number of benzene rings is 2. The maximum Gasteiger partial charge on any atom is 0.306 e. The van der Waals surface area contributed by atoms with Crippen molar-refractivity contribution >= 4 is 23.1 Å². The van der Waals surface area contributed by atoms with Crippen molar-refractivity contribution < 1.29 is 9.53 Å². The lowest BCUT2D eigenvalue weighted by Crippen LogP contribution is -2.13. The number of esters is 1. The van der Waals surface area contributed by atoms with Crippen LogP contribution in [0.1, 0.15) is 42.0 Å². The average Bonchev–Trinajstić information content (AvgIpc) is 3.01. The summed E-state index contributed by atoms with van der Waals surface area (Å²) >= 11 is 6.09. The number of carbonyl (C=O) groups is 1. The van der Waals surface area contributed by atoms with Crippen LogP contribution in [0.3, 0.4) is 0 Å². The number of hydrogen-bond acceptors (Lipinski definition) is 4. The second-order valence-electron chi connectivity index (χ2n) is 6.66. The summed E-state index contributed by atoms with van der Waals surface area (Å²) in [4.78, 5) is 12.3. The number of para-hydroxylation sites is 1. The molecular formula is C22H20ClN3O2. The number of ether oxygens (including phenoxy) is 1. The van der Waals surface area contributed by atoms with Crippen molar-refractivity contribution in [3.05, 3.63) is 82.4 Å². The van der Waals surface area contributed by atoms with Crippen LogP contribution in [0, 0.1) is 6.92 Å². The maximum absolute atomic E-state index is 12.3. The first-order valence-electron chi connectivity index (χ1n) is 9.23. The molecule has 1 aliphatic rings. The first kappa shape index (κ1) is 18.4. The molecule has 2 heterocycles. The summed E-state index contributed by atoms with van der Waals surface area (Å²) in [7, 11) is 0. The summed E-state index contributed by atoms with van der Waals surface area (Å²) in [6.07, 6.45) is 2.29. The van der Waals surface area contributed by atoms with Crippen molar-refractivity contribution in [1.82, 2.24) is 14.8 Å². The molecule has 4 rings (SSSR count). The highest BCUT2D eigenvalue weighted by Crippen LogP contribution is 2.38. The lowest BCUT2D eigenvalue weighted by Gasteiger charge is -2.13. The average molecular weight is 394 g/mol. The smallest absolute Gasteiger partial charge is 0.306 e. The van der Waals surface area contributed by atoms with Gasteiger partial charge in [-0.3, -0.25) is 9.36 Å². The van der Waals surface area contributed by atoms with Crippen molar-refractivity contribution in [2.75, 3.05) is 6.61 Å². The first-order valence-corrected chi connectivity index (χ1v) is 9.61. The van der Waals surface area contributed by atoms with E-state index >= 15 is 0 Å². The lowest BCUT2D eigenvalue weighted by molar-refractivity contribution is -0.143. The molecule has 1 aromatic heterocycles. The van der Waals surface area contributed by atoms with E-state index in [1.807, 2.05) is 60.9 Å². The Labute approximate surface area is 168 Å². The van der Waals surface area contributed by atoms with Crippen molar-refractivity contribution in [2.24, 2.45) is 0 Å². The molecule has 1 aliphatic heterocycles. The van der Waals surface area contributed by atoms with Crippen LogP contribution in [0.15, 0.2) is 54.6 Å².